The number of hydrogen-bond acceptors (Lipinski definition) is 2. The van der Waals surface area contributed by atoms with Crippen LogP contribution in [0, 0.1) is 11.5 Å². The fraction of sp³-hybridized carbons (Fsp3) is 0.273. The number of aromatic nitrogens is 3. The van der Waals surface area contributed by atoms with E-state index in [1.54, 1.807) is 6.20 Å². The fourth-order valence-corrected chi connectivity index (χ4v) is 1.63. The van der Waals surface area contributed by atoms with Crippen molar-refractivity contribution in [3.8, 4) is 11.5 Å². The quantitative estimate of drug-likeness (QED) is 0.540. The van der Waals surface area contributed by atoms with Crippen molar-refractivity contribution >= 4 is 19.1 Å². The van der Waals surface area contributed by atoms with Gasteiger partial charge in [-0.25, -0.2) is 9.97 Å². The van der Waals surface area contributed by atoms with Crippen molar-refractivity contribution < 1.29 is 0 Å². The first-order valence-corrected chi connectivity index (χ1v) is 8.38. The lowest BCUT2D eigenvalue weighted by Gasteiger charge is -2.02. The van der Waals surface area contributed by atoms with E-state index in [0.29, 0.717) is 5.82 Å². The zero-order chi connectivity index (χ0) is 10.9. The molecule has 15 heavy (non-hydrogen) atoms. The second-order valence-electron chi connectivity index (χ2n) is 4.48. The summed E-state index contributed by atoms with van der Waals surface area (Å²) in [6, 6.07) is 1.95. The van der Waals surface area contributed by atoms with Crippen molar-refractivity contribution in [2.75, 3.05) is 0 Å². The molecule has 0 aliphatic rings. The van der Waals surface area contributed by atoms with Gasteiger partial charge in [0.2, 0.25) is 5.82 Å². The van der Waals surface area contributed by atoms with Crippen molar-refractivity contribution in [2.45, 2.75) is 19.6 Å². The SMILES string of the molecule is C[Si](C)(C)C#Cc1ncc2cc[nH]c2n1. The van der Waals surface area contributed by atoms with Gasteiger partial charge in [0, 0.05) is 17.8 Å². The van der Waals surface area contributed by atoms with Gasteiger partial charge >= 0.3 is 0 Å². The highest BCUT2D eigenvalue weighted by Gasteiger charge is 2.07. The van der Waals surface area contributed by atoms with Crippen molar-refractivity contribution in [1.82, 2.24) is 15.0 Å². The Morgan fingerprint density at radius 3 is 2.87 bits per heavy atom. The number of nitrogens with zero attached hydrogens (tertiary/aromatic N) is 2. The Morgan fingerprint density at radius 2 is 2.13 bits per heavy atom. The van der Waals surface area contributed by atoms with E-state index >= 15 is 0 Å². The molecule has 0 bridgehead atoms. The van der Waals surface area contributed by atoms with Crippen LogP contribution in [0.15, 0.2) is 18.5 Å². The zero-order valence-corrected chi connectivity index (χ0v) is 10.1. The molecule has 4 heteroatoms. The van der Waals surface area contributed by atoms with Gasteiger partial charge in [0.25, 0.3) is 0 Å². The van der Waals surface area contributed by atoms with E-state index in [1.165, 1.54) is 0 Å². The second kappa shape index (κ2) is 3.52. The van der Waals surface area contributed by atoms with Gasteiger partial charge in [-0.05, 0) is 12.0 Å². The smallest absolute Gasteiger partial charge is 0.206 e. The predicted molar refractivity (Wildman–Crippen MR) is 64.1 cm³/mol. The molecule has 0 unspecified atom stereocenters. The van der Waals surface area contributed by atoms with E-state index in [1.807, 2.05) is 12.3 Å². The summed E-state index contributed by atoms with van der Waals surface area (Å²) < 4.78 is 0. The van der Waals surface area contributed by atoms with Crippen LogP contribution in [0.4, 0.5) is 0 Å². The summed E-state index contributed by atoms with van der Waals surface area (Å²) in [7, 11) is -1.34. The summed E-state index contributed by atoms with van der Waals surface area (Å²) in [5, 5.41) is 1.02. The lowest BCUT2D eigenvalue weighted by atomic mass is 10.4. The average molecular weight is 215 g/mol. The molecular weight excluding hydrogens is 202 g/mol. The van der Waals surface area contributed by atoms with Crippen molar-refractivity contribution in [3.63, 3.8) is 0 Å². The molecule has 0 saturated heterocycles. The van der Waals surface area contributed by atoms with Gasteiger partial charge in [-0.1, -0.05) is 19.6 Å². The second-order valence-corrected chi connectivity index (χ2v) is 9.23. The average Bonchev–Trinajstić information content (AvgIpc) is 2.60. The molecule has 0 aliphatic heterocycles. The maximum absolute atomic E-state index is 4.32. The summed E-state index contributed by atoms with van der Waals surface area (Å²) in [6.07, 6.45) is 3.65. The van der Waals surface area contributed by atoms with E-state index in [-0.39, 0.29) is 0 Å². The minimum atomic E-state index is -1.34. The fourth-order valence-electron chi connectivity index (χ4n) is 1.14. The number of nitrogens with one attached hydrogen (secondary N) is 1. The van der Waals surface area contributed by atoms with E-state index in [0.717, 1.165) is 11.0 Å². The van der Waals surface area contributed by atoms with Gasteiger partial charge in [-0.3, -0.25) is 0 Å². The van der Waals surface area contributed by atoms with Gasteiger partial charge in [0.15, 0.2) is 0 Å². The highest BCUT2D eigenvalue weighted by molar-refractivity contribution is 6.83. The number of H-pyrrole nitrogens is 1. The molecule has 0 aliphatic carbocycles. The van der Waals surface area contributed by atoms with Crippen LogP contribution in [0.3, 0.4) is 0 Å². The number of hydrogen-bond donors (Lipinski definition) is 1. The van der Waals surface area contributed by atoms with Crippen LogP contribution in [0.25, 0.3) is 11.0 Å². The Kier molecular flexibility index (Phi) is 2.33. The van der Waals surface area contributed by atoms with E-state index in [9.17, 15) is 0 Å². The molecule has 0 aromatic carbocycles. The zero-order valence-electron chi connectivity index (χ0n) is 9.13. The number of fused-ring (bicyclic) bond motifs is 1. The Bertz CT molecular complexity index is 540. The molecule has 0 fully saturated rings. The molecule has 0 spiro atoms. The van der Waals surface area contributed by atoms with E-state index < -0.39 is 8.07 Å². The summed E-state index contributed by atoms with van der Waals surface area (Å²) >= 11 is 0. The topological polar surface area (TPSA) is 41.6 Å². The van der Waals surface area contributed by atoms with Crippen molar-refractivity contribution in [1.29, 1.82) is 0 Å². The molecule has 1 N–H and O–H groups in total. The van der Waals surface area contributed by atoms with Crippen molar-refractivity contribution in [2.24, 2.45) is 0 Å². The largest absolute Gasteiger partial charge is 0.346 e. The summed E-state index contributed by atoms with van der Waals surface area (Å²) in [5.41, 5.74) is 4.10. The van der Waals surface area contributed by atoms with Gasteiger partial charge in [-0.15, -0.1) is 5.54 Å². The molecule has 0 saturated carbocycles. The minimum absolute atomic E-state index is 0.604. The maximum Gasteiger partial charge on any atom is 0.206 e. The van der Waals surface area contributed by atoms with Crippen LogP contribution in [0.5, 0.6) is 0 Å². The predicted octanol–water partition coefficient (Wildman–Crippen LogP) is 2.19. The lowest BCUT2D eigenvalue weighted by molar-refractivity contribution is 1.16. The molecule has 0 amide bonds. The molecular formula is C11H13N3Si. The Morgan fingerprint density at radius 1 is 1.33 bits per heavy atom. The number of aromatic amines is 1. The maximum atomic E-state index is 4.32. The standard InChI is InChI=1S/C11H13N3Si/c1-15(2,3)7-5-10-13-8-9-4-6-12-11(9)14-10/h4,6,8H,1-3H3,(H,12,13,14). The minimum Gasteiger partial charge on any atom is -0.346 e. The molecule has 3 nitrogen and oxygen atoms in total. The summed E-state index contributed by atoms with van der Waals surface area (Å²) in [5.74, 6) is 3.64. The van der Waals surface area contributed by atoms with Gasteiger partial charge in [0.1, 0.15) is 13.7 Å². The Hall–Kier alpha value is -1.60. The van der Waals surface area contributed by atoms with Crippen LogP contribution >= 0.6 is 0 Å². The molecule has 0 atom stereocenters. The van der Waals surface area contributed by atoms with Crippen LogP contribution in [0.1, 0.15) is 5.82 Å². The third kappa shape index (κ3) is 2.45. The van der Waals surface area contributed by atoms with Gasteiger partial charge in [-0.2, -0.15) is 0 Å². The van der Waals surface area contributed by atoms with Crippen LogP contribution < -0.4 is 0 Å². The van der Waals surface area contributed by atoms with Crippen LogP contribution in [-0.2, 0) is 0 Å². The molecule has 76 valence electrons. The normalized spacial score (nSPS) is 11.1. The monoisotopic (exact) mass is 215 g/mol. The van der Waals surface area contributed by atoms with Gasteiger partial charge < -0.3 is 4.98 Å². The molecule has 2 aromatic rings. The van der Waals surface area contributed by atoms with Crippen LogP contribution in [-0.4, -0.2) is 23.0 Å². The third-order valence-corrected chi connectivity index (χ3v) is 2.72. The number of rotatable bonds is 0. The molecule has 2 heterocycles. The summed E-state index contributed by atoms with van der Waals surface area (Å²) in [6.45, 7) is 6.60. The Labute approximate surface area is 90.0 Å². The molecule has 2 aromatic heterocycles. The molecule has 0 radical (unpaired) electrons. The third-order valence-electron chi connectivity index (χ3n) is 1.85. The van der Waals surface area contributed by atoms with Crippen molar-refractivity contribution in [3.05, 3.63) is 24.3 Å². The first-order valence-electron chi connectivity index (χ1n) is 4.88. The Balaban J connectivity index is 2.39. The first kappa shape index (κ1) is 9.93. The summed E-state index contributed by atoms with van der Waals surface area (Å²) in [4.78, 5) is 11.6. The highest BCUT2D eigenvalue weighted by Crippen LogP contribution is 2.07. The van der Waals surface area contributed by atoms with E-state index in [4.69, 9.17) is 0 Å². The first-order chi connectivity index (χ1) is 7.04. The molecule has 2 rings (SSSR count). The van der Waals surface area contributed by atoms with Gasteiger partial charge in [0.05, 0.1) is 0 Å². The van der Waals surface area contributed by atoms with Crippen LogP contribution in [0.2, 0.25) is 19.6 Å². The lowest BCUT2D eigenvalue weighted by Crippen LogP contribution is -2.16. The highest BCUT2D eigenvalue weighted by atomic mass is 28.3. The van der Waals surface area contributed by atoms with E-state index in [2.05, 4.69) is 46.1 Å².